The van der Waals surface area contributed by atoms with Gasteiger partial charge < -0.3 is 9.84 Å². The molecule has 0 saturated carbocycles. The van der Waals surface area contributed by atoms with Gasteiger partial charge in [0.15, 0.2) is 5.78 Å². The van der Waals surface area contributed by atoms with Gasteiger partial charge in [-0.1, -0.05) is 66.2 Å². The van der Waals surface area contributed by atoms with Crippen LogP contribution in [-0.4, -0.2) is 10.9 Å². The fourth-order valence-electron chi connectivity index (χ4n) is 2.84. The van der Waals surface area contributed by atoms with Crippen LogP contribution in [0.2, 0.25) is 5.02 Å². The summed E-state index contributed by atoms with van der Waals surface area (Å²) < 4.78 is 5.79. The van der Waals surface area contributed by atoms with E-state index >= 15 is 0 Å². The second-order valence-corrected chi connectivity index (χ2v) is 6.41. The molecule has 3 aromatic carbocycles. The quantitative estimate of drug-likeness (QED) is 0.431. The van der Waals surface area contributed by atoms with E-state index in [2.05, 4.69) is 6.58 Å². The molecule has 1 N–H and O–H groups in total. The highest BCUT2D eigenvalue weighted by atomic mass is 35.5. The third kappa shape index (κ3) is 4.21. The molecule has 0 unspecified atom stereocenters. The maximum atomic E-state index is 12.8. The Morgan fingerprint density at radius 1 is 1.04 bits per heavy atom. The number of aromatic hydroxyl groups is 1. The monoisotopic (exact) mass is 378 g/mol. The molecule has 27 heavy (non-hydrogen) atoms. The predicted octanol–water partition coefficient (Wildman–Crippen LogP) is 5.58. The summed E-state index contributed by atoms with van der Waals surface area (Å²) in [5.41, 5.74) is 1.85. The van der Waals surface area contributed by atoms with E-state index in [9.17, 15) is 9.90 Å². The number of ketones is 1. The second kappa shape index (κ2) is 8.56. The van der Waals surface area contributed by atoms with Crippen LogP contribution in [0, 0.1) is 0 Å². The summed E-state index contributed by atoms with van der Waals surface area (Å²) in [6.07, 6.45) is 2.03. The third-order valence-corrected chi connectivity index (χ3v) is 4.56. The van der Waals surface area contributed by atoms with E-state index in [-0.39, 0.29) is 23.7 Å². The number of benzene rings is 3. The Bertz CT molecular complexity index is 950. The van der Waals surface area contributed by atoms with Crippen molar-refractivity contribution < 1.29 is 14.6 Å². The zero-order valence-electron chi connectivity index (χ0n) is 14.7. The Morgan fingerprint density at radius 3 is 2.30 bits per heavy atom. The van der Waals surface area contributed by atoms with E-state index in [4.69, 9.17) is 16.3 Å². The maximum absolute atomic E-state index is 12.8. The van der Waals surface area contributed by atoms with E-state index < -0.39 is 0 Å². The molecule has 3 rings (SSSR count). The van der Waals surface area contributed by atoms with Crippen molar-refractivity contribution in [1.29, 1.82) is 0 Å². The van der Waals surface area contributed by atoms with Gasteiger partial charge in [-0.2, -0.15) is 0 Å². The number of halogens is 1. The maximum Gasteiger partial charge on any atom is 0.196 e. The number of carbonyl (C=O) groups excluding carboxylic acids is 1. The van der Waals surface area contributed by atoms with Gasteiger partial charge in [0, 0.05) is 21.7 Å². The molecule has 0 spiro atoms. The summed E-state index contributed by atoms with van der Waals surface area (Å²) in [6.45, 7) is 3.92. The van der Waals surface area contributed by atoms with Gasteiger partial charge in [0.2, 0.25) is 0 Å². The molecule has 3 aromatic rings. The van der Waals surface area contributed by atoms with Crippen molar-refractivity contribution in [3.8, 4) is 11.5 Å². The van der Waals surface area contributed by atoms with Crippen molar-refractivity contribution in [2.24, 2.45) is 0 Å². The Morgan fingerprint density at radius 2 is 1.67 bits per heavy atom. The molecule has 0 saturated heterocycles. The Hall–Kier alpha value is -3.04. The molecule has 0 radical (unpaired) electrons. The molecule has 0 bridgehead atoms. The minimum atomic E-state index is -0.282. The first-order valence-corrected chi connectivity index (χ1v) is 8.91. The highest BCUT2D eigenvalue weighted by Crippen LogP contribution is 2.35. The number of phenols is 1. The minimum Gasteiger partial charge on any atom is -0.507 e. The van der Waals surface area contributed by atoms with E-state index in [1.165, 1.54) is 6.07 Å². The van der Waals surface area contributed by atoms with Gasteiger partial charge in [0.1, 0.15) is 18.1 Å². The van der Waals surface area contributed by atoms with Crippen molar-refractivity contribution in [2.45, 2.75) is 13.0 Å². The highest BCUT2D eigenvalue weighted by Gasteiger charge is 2.21. The van der Waals surface area contributed by atoms with Gasteiger partial charge in [-0.15, -0.1) is 6.58 Å². The van der Waals surface area contributed by atoms with Gasteiger partial charge in [0.05, 0.1) is 5.56 Å². The highest BCUT2D eigenvalue weighted by molar-refractivity contribution is 6.32. The summed E-state index contributed by atoms with van der Waals surface area (Å²) in [6, 6.07) is 19.6. The molecule has 0 aliphatic rings. The van der Waals surface area contributed by atoms with Gasteiger partial charge >= 0.3 is 0 Å². The zero-order chi connectivity index (χ0) is 19.2. The number of rotatable bonds is 7. The smallest absolute Gasteiger partial charge is 0.196 e. The molecule has 4 heteroatoms. The molecule has 0 aliphatic heterocycles. The summed E-state index contributed by atoms with van der Waals surface area (Å²) >= 11 is 6.46. The first-order chi connectivity index (χ1) is 13.1. The molecule has 0 fully saturated rings. The van der Waals surface area contributed by atoms with Gasteiger partial charge in [-0.05, 0) is 24.6 Å². The summed E-state index contributed by atoms with van der Waals surface area (Å²) in [5.74, 6) is 0.331. The third-order valence-electron chi connectivity index (χ3n) is 4.22. The molecular weight excluding hydrogens is 360 g/mol. The normalized spacial score (nSPS) is 10.4. The minimum absolute atomic E-state index is 0.0835. The van der Waals surface area contributed by atoms with Gasteiger partial charge in [0.25, 0.3) is 0 Å². The zero-order valence-corrected chi connectivity index (χ0v) is 15.4. The first kappa shape index (κ1) is 18.7. The van der Waals surface area contributed by atoms with Crippen LogP contribution >= 0.6 is 11.6 Å². The van der Waals surface area contributed by atoms with E-state index in [1.54, 1.807) is 30.3 Å². The van der Waals surface area contributed by atoms with Crippen LogP contribution in [0.25, 0.3) is 0 Å². The van der Waals surface area contributed by atoms with Gasteiger partial charge in [-0.25, -0.2) is 0 Å². The molecular formula is C23H19ClO3. The lowest BCUT2D eigenvalue weighted by Gasteiger charge is -2.16. The van der Waals surface area contributed by atoms with Crippen LogP contribution in [0.4, 0.5) is 0 Å². The second-order valence-electron chi connectivity index (χ2n) is 6.00. The van der Waals surface area contributed by atoms with Crippen LogP contribution < -0.4 is 4.74 Å². The van der Waals surface area contributed by atoms with Crippen LogP contribution in [0.15, 0.2) is 79.4 Å². The van der Waals surface area contributed by atoms with Crippen molar-refractivity contribution >= 4 is 17.4 Å². The van der Waals surface area contributed by atoms with E-state index in [0.717, 1.165) is 0 Å². The average Bonchev–Trinajstić information content (AvgIpc) is 2.71. The van der Waals surface area contributed by atoms with Crippen molar-refractivity contribution in [2.75, 3.05) is 0 Å². The number of ether oxygens (including phenoxy) is 1. The lowest BCUT2D eigenvalue weighted by Crippen LogP contribution is -2.07. The number of carbonyl (C=O) groups is 1. The number of para-hydroxylation sites is 1. The van der Waals surface area contributed by atoms with Crippen LogP contribution in [0.1, 0.15) is 27.0 Å². The summed E-state index contributed by atoms with van der Waals surface area (Å²) in [5, 5.41) is 11.1. The summed E-state index contributed by atoms with van der Waals surface area (Å²) in [4.78, 5) is 12.8. The molecule has 3 nitrogen and oxygen atoms in total. The molecule has 0 atom stereocenters. The fourth-order valence-corrected chi connectivity index (χ4v) is 3.12. The fraction of sp³-hybridized carbons (Fsp3) is 0.0870. The Balaban J connectivity index is 1.99. The van der Waals surface area contributed by atoms with Crippen LogP contribution in [0.3, 0.4) is 0 Å². The summed E-state index contributed by atoms with van der Waals surface area (Å²) in [7, 11) is 0. The van der Waals surface area contributed by atoms with E-state index in [1.807, 2.05) is 36.4 Å². The Labute approximate surface area is 163 Å². The lowest BCUT2D eigenvalue weighted by atomic mass is 9.95. The molecule has 0 heterocycles. The largest absolute Gasteiger partial charge is 0.507 e. The lowest BCUT2D eigenvalue weighted by molar-refractivity contribution is 0.103. The Kier molecular flexibility index (Phi) is 5.94. The molecule has 0 aromatic heterocycles. The van der Waals surface area contributed by atoms with Crippen LogP contribution in [-0.2, 0) is 13.0 Å². The van der Waals surface area contributed by atoms with Gasteiger partial charge in [-0.3, -0.25) is 4.79 Å². The van der Waals surface area contributed by atoms with Crippen LogP contribution in [0.5, 0.6) is 11.5 Å². The number of allylic oxidation sites excluding steroid dienone is 1. The van der Waals surface area contributed by atoms with Crippen molar-refractivity contribution in [3.05, 3.63) is 107 Å². The standard InChI is InChI=1S/C23H19ClO3/c1-2-9-18-20(15-27-17-12-7-4-8-13-17)21(24)14-19(23(18)26)22(25)16-10-5-3-6-11-16/h2-8,10-14,26H,1,9,15H2. The first-order valence-electron chi connectivity index (χ1n) is 8.53. The predicted molar refractivity (Wildman–Crippen MR) is 108 cm³/mol. The van der Waals surface area contributed by atoms with Crippen molar-refractivity contribution in [1.82, 2.24) is 0 Å². The van der Waals surface area contributed by atoms with Crippen molar-refractivity contribution in [3.63, 3.8) is 0 Å². The number of hydrogen-bond acceptors (Lipinski definition) is 3. The topological polar surface area (TPSA) is 46.5 Å². The SMILES string of the molecule is C=CCc1c(O)c(C(=O)c2ccccc2)cc(Cl)c1COc1ccccc1. The number of phenolic OH excluding ortho intramolecular Hbond substituents is 1. The van der Waals surface area contributed by atoms with E-state index in [0.29, 0.717) is 33.9 Å². The number of hydrogen-bond donors (Lipinski definition) is 1. The molecule has 136 valence electrons. The average molecular weight is 379 g/mol. The molecule has 0 amide bonds. The molecule has 0 aliphatic carbocycles.